The molecule has 0 atom stereocenters. The zero-order valence-corrected chi connectivity index (χ0v) is 7.61. The fourth-order valence-electron chi connectivity index (χ4n) is 0.870. The van der Waals surface area contributed by atoms with Gasteiger partial charge in [-0.25, -0.2) is 0 Å². The van der Waals surface area contributed by atoms with Crippen molar-refractivity contribution in [2.75, 3.05) is 7.11 Å². The Bertz CT molecular complexity index is 294. The normalized spacial score (nSPS) is 9.38. The van der Waals surface area contributed by atoms with Gasteiger partial charge in [-0.3, -0.25) is 4.79 Å². The van der Waals surface area contributed by atoms with Crippen LogP contribution >= 0.6 is 0 Å². The summed E-state index contributed by atoms with van der Waals surface area (Å²) in [7, 11) is 1.53. The summed E-state index contributed by atoms with van der Waals surface area (Å²) >= 11 is 0. The van der Waals surface area contributed by atoms with Crippen molar-refractivity contribution >= 4 is 5.97 Å². The molecule has 0 fully saturated rings. The quantitative estimate of drug-likeness (QED) is 0.524. The summed E-state index contributed by atoms with van der Waals surface area (Å²) in [6, 6.07) is 7.01. The van der Waals surface area contributed by atoms with Crippen LogP contribution in [0.3, 0.4) is 0 Å². The van der Waals surface area contributed by atoms with Gasteiger partial charge in [0.15, 0.2) is 11.5 Å². The Balaban J connectivity index is 2.81. The highest BCUT2D eigenvalue weighted by atomic mass is 16.6. The summed E-state index contributed by atoms with van der Waals surface area (Å²) in [6.07, 6.45) is 1.35. The van der Waals surface area contributed by atoms with E-state index in [4.69, 9.17) is 9.47 Å². The second kappa shape index (κ2) is 4.50. The van der Waals surface area contributed by atoms with Gasteiger partial charge in [-0.15, -0.1) is 0 Å². The molecule has 0 aliphatic heterocycles. The molecule has 0 saturated heterocycles. The van der Waals surface area contributed by atoms with Crippen LogP contribution < -0.4 is 9.47 Å². The number of hydrogen-bond donors (Lipinski definition) is 0. The van der Waals surface area contributed by atoms with Crippen LogP contribution in [0.25, 0.3) is 0 Å². The Morgan fingerprint density at radius 3 is 2.46 bits per heavy atom. The van der Waals surface area contributed by atoms with Crippen molar-refractivity contribution in [3.63, 3.8) is 0 Å². The van der Waals surface area contributed by atoms with E-state index in [0.29, 0.717) is 11.5 Å². The summed E-state index contributed by atoms with van der Waals surface area (Å²) in [5, 5.41) is 0. The van der Waals surface area contributed by atoms with Gasteiger partial charge in [0, 0.05) is 0 Å². The van der Waals surface area contributed by atoms with Gasteiger partial charge in [0.05, 0.1) is 13.5 Å². The Kier molecular flexibility index (Phi) is 3.31. The molecular weight excluding hydrogens is 168 g/mol. The van der Waals surface area contributed by atoms with E-state index >= 15 is 0 Å². The van der Waals surface area contributed by atoms with Crippen molar-refractivity contribution in [2.45, 2.75) is 6.92 Å². The first-order chi connectivity index (χ1) is 6.27. The van der Waals surface area contributed by atoms with Crippen molar-refractivity contribution in [2.24, 2.45) is 0 Å². The van der Waals surface area contributed by atoms with Crippen LogP contribution in [0.2, 0.25) is 0 Å². The van der Waals surface area contributed by atoms with Crippen LogP contribution in [0, 0.1) is 6.42 Å². The Morgan fingerprint density at radius 1 is 1.31 bits per heavy atom. The van der Waals surface area contributed by atoms with Gasteiger partial charge in [0.25, 0.3) is 0 Å². The predicted octanol–water partition coefficient (Wildman–Crippen LogP) is 1.82. The van der Waals surface area contributed by atoms with E-state index in [9.17, 15) is 4.79 Å². The van der Waals surface area contributed by atoms with E-state index in [2.05, 4.69) is 0 Å². The molecule has 0 N–H and O–H groups in total. The average molecular weight is 179 g/mol. The number of esters is 1. The smallest absolute Gasteiger partial charge is 0.315 e. The second-order valence-electron chi connectivity index (χ2n) is 2.36. The van der Waals surface area contributed by atoms with Gasteiger partial charge in [0.1, 0.15) is 0 Å². The molecule has 3 nitrogen and oxygen atoms in total. The van der Waals surface area contributed by atoms with Crippen molar-refractivity contribution in [3.05, 3.63) is 30.7 Å². The van der Waals surface area contributed by atoms with Crippen LogP contribution in [0.15, 0.2) is 24.3 Å². The van der Waals surface area contributed by atoms with Gasteiger partial charge in [-0.05, 0) is 12.1 Å². The lowest BCUT2D eigenvalue weighted by molar-refractivity contribution is -0.130. The van der Waals surface area contributed by atoms with Crippen LogP contribution in [-0.4, -0.2) is 13.1 Å². The number of carbonyl (C=O) groups excluding carboxylic acids is 1. The summed E-state index contributed by atoms with van der Waals surface area (Å²) in [5.41, 5.74) is 0. The number of rotatable bonds is 3. The van der Waals surface area contributed by atoms with Crippen molar-refractivity contribution < 1.29 is 14.3 Å². The van der Waals surface area contributed by atoms with E-state index in [1.807, 2.05) is 6.07 Å². The summed E-state index contributed by atoms with van der Waals surface area (Å²) < 4.78 is 9.97. The molecule has 0 aliphatic carbocycles. The second-order valence-corrected chi connectivity index (χ2v) is 2.36. The summed E-state index contributed by atoms with van der Waals surface area (Å²) in [4.78, 5) is 10.9. The monoisotopic (exact) mass is 179 g/mol. The minimum atomic E-state index is -0.385. The minimum absolute atomic E-state index is 0.385. The standard InChI is InChI=1S/C10H11O3/c1-3-10(11)13-9-7-5-4-6-8(9)12-2/h3-7H,1-2H3. The van der Waals surface area contributed by atoms with E-state index in [-0.39, 0.29) is 5.97 Å². The van der Waals surface area contributed by atoms with Crippen LogP contribution in [-0.2, 0) is 4.79 Å². The van der Waals surface area contributed by atoms with Gasteiger partial charge in [-0.2, -0.15) is 0 Å². The number of para-hydroxylation sites is 2. The lowest BCUT2D eigenvalue weighted by Crippen LogP contribution is -2.06. The lowest BCUT2D eigenvalue weighted by Gasteiger charge is -2.06. The first-order valence-corrected chi connectivity index (χ1v) is 3.92. The molecule has 0 spiro atoms. The van der Waals surface area contributed by atoms with Crippen molar-refractivity contribution in [1.82, 2.24) is 0 Å². The molecule has 0 bridgehead atoms. The zero-order valence-electron chi connectivity index (χ0n) is 7.61. The highest BCUT2D eigenvalue weighted by Crippen LogP contribution is 2.25. The highest BCUT2D eigenvalue weighted by Gasteiger charge is 2.06. The first kappa shape index (κ1) is 9.58. The molecule has 0 heterocycles. The molecule has 0 saturated carbocycles. The predicted molar refractivity (Wildman–Crippen MR) is 48.6 cm³/mol. The molecule has 0 amide bonds. The van der Waals surface area contributed by atoms with E-state index in [1.165, 1.54) is 13.5 Å². The third kappa shape index (κ3) is 2.47. The van der Waals surface area contributed by atoms with E-state index in [1.54, 1.807) is 25.1 Å². The van der Waals surface area contributed by atoms with Crippen molar-refractivity contribution in [1.29, 1.82) is 0 Å². The SMILES string of the molecule is C[CH]C(=O)Oc1ccccc1OC. The van der Waals surface area contributed by atoms with Gasteiger partial charge in [-0.1, -0.05) is 19.1 Å². The van der Waals surface area contributed by atoms with Gasteiger partial charge >= 0.3 is 5.97 Å². The number of benzene rings is 1. The maximum absolute atomic E-state index is 10.9. The molecule has 13 heavy (non-hydrogen) atoms. The molecule has 0 unspecified atom stereocenters. The third-order valence-electron chi connectivity index (χ3n) is 1.52. The van der Waals surface area contributed by atoms with Crippen LogP contribution in [0.4, 0.5) is 0 Å². The van der Waals surface area contributed by atoms with E-state index < -0.39 is 0 Å². The molecular formula is C10H11O3. The van der Waals surface area contributed by atoms with Crippen LogP contribution in [0.5, 0.6) is 11.5 Å². The van der Waals surface area contributed by atoms with Gasteiger partial charge in [0.2, 0.25) is 0 Å². The van der Waals surface area contributed by atoms with Crippen LogP contribution in [0.1, 0.15) is 6.92 Å². The minimum Gasteiger partial charge on any atom is -0.493 e. The molecule has 69 valence electrons. The molecule has 3 heteroatoms. The molecule has 0 aromatic heterocycles. The zero-order chi connectivity index (χ0) is 9.68. The average Bonchev–Trinajstić information content (AvgIpc) is 2.18. The first-order valence-electron chi connectivity index (χ1n) is 3.92. The van der Waals surface area contributed by atoms with Crippen molar-refractivity contribution in [3.8, 4) is 11.5 Å². The Hall–Kier alpha value is -1.51. The maximum Gasteiger partial charge on any atom is 0.315 e. The fourth-order valence-corrected chi connectivity index (χ4v) is 0.870. The molecule has 0 aliphatic rings. The fraction of sp³-hybridized carbons (Fsp3) is 0.200. The molecule has 1 rings (SSSR count). The number of ether oxygens (including phenoxy) is 2. The maximum atomic E-state index is 10.9. The topological polar surface area (TPSA) is 35.5 Å². The number of hydrogen-bond acceptors (Lipinski definition) is 3. The Morgan fingerprint density at radius 2 is 1.92 bits per heavy atom. The number of carbonyl (C=O) groups is 1. The molecule has 1 aromatic carbocycles. The number of methoxy groups -OCH3 is 1. The van der Waals surface area contributed by atoms with E-state index in [0.717, 1.165) is 0 Å². The third-order valence-corrected chi connectivity index (χ3v) is 1.52. The summed E-state index contributed by atoms with van der Waals surface area (Å²) in [5.74, 6) is 0.607. The largest absolute Gasteiger partial charge is 0.493 e. The summed E-state index contributed by atoms with van der Waals surface area (Å²) in [6.45, 7) is 1.62. The Labute approximate surface area is 77.3 Å². The van der Waals surface area contributed by atoms with Gasteiger partial charge < -0.3 is 9.47 Å². The lowest BCUT2D eigenvalue weighted by atomic mass is 10.3. The molecule has 1 aromatic rings. The molecule has 1 radical (unpaired) electrons. The highest BCUT2D eigenvalue weighted by molar-refractivity contribution is 5.81.